The Hall–Kier alpha value is -2.11. The van der Waals surface area contributed by atoms with Crippen molar-refractivity contribution >= 4 is 17.3 Å². The average Bonchev–Trinajstić information content (AvgIpc) is 2.38. The number of nitrogens with one attached hydrogen (secondary N) is 1. The molecular weight excluding hydrogens is 236 g/mol. The zero-order valence-corrected chi connectivity index (χ0v) is 10.4. The number of hydrogen-bond donors (Lipinski definition) is 1. The molecule has 0 aliphatic rings. The van der Waals surface area contributed by atoms with Gasteiger partial charge in [-0.25, -0.2) is 4.79 Å². The van der Waals surface area contributed by atoms with Gasteiger partial charge in [0.15, 0.2) is 0 Å². The number of methoxy groups -OCH3 is 1. The van der Waals surface area contributed by atoms with Crippen LogP contribution in [0.1, 0.15) is 30.1 Å². The predicted octanol–water partition coefficient (Wildman–Crippen LogP) is 2.59. The van der Waals surface area contributed by atoms with Crippen molar-refractivity contribution in [2.75, 3.05) is 19.0 Å². The van der Waals surface area contributed by atoms with E-state index in [2.05, 4.69) is 17.0 Å². The number of nitro groups is 1. The van der Waals surface area contributed by atoms with Gasteiger partial charge >= 0.3 is 5.97 Å². The van der Waals surface area contributed by atoms with E-state index < -0.39 is 10.9 Å². The number of rotatable bonds is 6. The van der Waals surface area contributed by atoms with Gasteiger partial charge in [-0.1, -0.05) is 13.3 Å². The van der Waals surface area contributed by atoms with Crippen LogP contribution in [0.25, 0.3) is 0 Å². The highest BCUT2D eigenvalue weighted by Gasteiger charge is 2.16. The molecule has 6 nitrogen and oxygen atoms in total. The molecule has 0 aliphatic carbocycles. The molecule has 18 heavy (non-hydrogen) atoms. The van der Waals surface area contributed by atoms with Gasteiger partial charge < -0.3 is 10.1 Å². The van der Waals surface area contributed by atoms with E-state index in [1.807, 2.05) is 0 Å². The second-order valence-electron chi connectivity index (χ2n) is 3.76. The van der Waals surface area contributed by atoms with Gasteiger partial charge in [-0.05, 0) is 12.5 Å². The molecule has 0 amide bonds. The molecule has 1 aromatic rings. The SMILES string of the molecule is CCCCNc1ccc([N+](=O)[O-])cc1C(=O)OC. The number of unbranched alkanes of at least 4 members (excludes halogenated alkanes) is 1. The lowest BCUT2D eigenvalue weighted by Gasteiger charge is -2.10. The molecule has 1 rings (SSSR count). The summed E-state index contributed by atoms with van der Waals surface area (Å²) >= 11 is 0. The lowest BCUT2D eigenvalue weighted by atomic mass is 10.1. The molecule has 0 spiro atoms. The van der Waals surface area contributed by atoms with Crippen LogP contribution in [0.15, 0.2) is 18.2 Å². The Balaban J connectivity index is 3.01. The standard InChI is InChI=1S/C12H16N2O4/c1-3-4-7-13-11-6-5-9(14(16)17)8-10(11)12(15)18-2/h5-6,8,13H,3-4,7H2,1-2H3. The zero-order valence-electron chi connectivity index (χ0n) is 10.4. The number of non-ortho nitro benzene ring substituents is 1. The lowest BCUT2D eigenvalue weighted by Crippen LogP contribution is -2.09. The maximum atomic E-state index is 11.6. The van der Waals surface area contributed by atoms with Crippen molar-refractivity contribution in [2.45, 2.75) is 19.8 Å². The Morgan fingerprint density at radius 2 is 2.22 bits per heavy atom. The summed E-state index contributed by atoms with van der Waals surface area (Å²) in [5.41, 5.74) is 0.611. The maximum Gasteiger partial charge on any atom is 0.340 e. The van der Waals surface area contributed by atoms with Gasteiger partial charge in [-0.15, -0.1) is 0 Å². The number of benzene rings is 1. The van der Waals surface area contributed by atoms with Crippen LogP contribution in [-0.4, -0.2) is 24.5 Å². The molecule has 0 heterocycles. The van der Waals surface area contributed by atoms with Crippen LogP contribution in [0.4, 0.5) is 11.4 Å². The van der Waals surface area contributed by atoms with Crippen LogP contribution < -0.4 is 5.32 Å². The van der Waals surface area contributed by atoms with E-state index in [-0.39, 0.29) is 11.3 Å². The van der Waals surface area contributed by atoms with Crippen molar-refractivity contribution < 1.29 is 14.5 Å². The largest absolute Gasteiger partial charge is 0.465 e. The molecule has 0 fully saturated rings. The first kappa shape index (κ1) is 14.0. The first-order valence-corrected chi connectivity index (χ1v) is 5.70. The van der Waals surface area contributed by atoms with Gasteiger partial charge in [0.2, 0.25) is 0 Å². The molecule has 0 saturated carbocycles. The van der Waals surface area contributed by atoms with E-state index in [0.717, 1.165) is 12.8 Å². The Kier molecular flexibility index (Phi) is 5.10. The van der Waals surface area contributed by atoms with E-state index in [1.54, 1.807) is 0 Å². The van der Waals surface area contributed by atoms with E-state index in [1.165, 1.54) is 25.3 Å². The van der Waals surface area contributed by atoms with Crippen molar-refractivity contribution in [3.8, 4) is 0 Å². The second-order valence-corrected chi connectivity index (χ2v) is 3.76. The third-order valence-electron chi connectivity index (χ3n) is 2.47. The van der Waals surface area contributed by atoms with Gasteiger partial charge in [0, 0.05) is 24.4 Å². The normalized spacial score (nSPS) is 9.89. The van der Waals surface area contributed by atoms with E-state index in [4.69, 9.17) is 0 Å². The molecular formula is C12H16N2O4. The summed E-state index contributed by atoms with van der Waals surface area (Å²) in [6.07, 6.45) is 1.98. The fraction of sp³-hybridized carbons (Fsp3) is 0.417. The molecule has 0 bridgehead atoms. The summed E-state index contributed by atoms with van der Waals surface area (Å²) < 4.78 is 4.62. The first-order chi connectivity index (χ1) is 8.60. The molecule has 1 N–H and O–H groups in total. The van der Waals surface area contributed by atoms with E-state index in [9.17, 15) is 14.9 Å². The van der Waals surface area contributed by atoms with Crippen LogP contribution in [0, 0.1) is 10.1 Å². The fourth-order valence-corrected chi connectivity index (χ4v) is 1.48. The Labute approximate surface area is 105 Å². The fourth-order valence-electron chi connectivity index (χ4n) is 1.48. The van der Waals surface area contributed by atoms with Gasteiger partial charge in [0.25, 0.3) is 5.69 Å². The lowest BCUT2D eigenvalue weighted by molar-refractivity contribution is -0.384. The second kappa shape index (κ2) is 6.58. The molecule has 0 saturated heterocycles. The Morgan fingerprint density at radius 1 is 1.50 bits per heavy atom. The summed E-state index contributed by atoms with van der Waals surface area (Å²) in [7, 11) is 1.25. The van der Waals surface area contributed by atoms with Gasteiger partial charge in [-0.2, -0.15) is 0 Å². The minimum absolute atomic E-state index is 0.128. The predicted molar refractivity (Wildman–Crippen MR) is 67.8 cm³/mol. The Bertz CT molecular complexity index is 446. The number of carbonyl (C=O) groups is 1. The quantitative estimate of drug-likeness (QED) is 0.364. The smallest absolute Gasteiger partial charge is 0.340 e. The van der Waals surface area contributed by atoms with Crippen LogP contribution in [0.5, 0.6) is 0 Å². The molecule has 6 heteroatoms. The minimum atomic E-state index is -0.585. The minimum Gasteiger partial charge on any atom is -0.465 e. The third-order valence-corrected chi connectivity index (χ3v) is 2.47. The monoisotopic (exact) mass is 252 g/mol. The summed E-state index contributed by atoms with van der Waals surface area (Å²) in [6.45, 7) is 2.76. The van der Waals surface area contributed by atoms with Crippen molar-refractivity contribution in [3.63, 3.8) is 0 Å². The van der Waals surface area contributed by atoms with E-state index >= 15 is 0 Å². The number of hydrogen-bond acceptors (Lipinski definition) is 5. The van der Waals surface area contributed by atoms with Gasteiger partial charge in [0.1, 0.15) is 0 Å². The molecule has 0 aromatic heterocycles. The topological polar surface area (TPSA) is 81.5 Å². The Morgan fingerprint density at radius 3 is 2.78 bits per heavy atom. The summed E-state index contributed by atoms with van der Waals surface area (Å²) in [5, 5.41) is 13.7. The number of ether oxygens (including phenoxy) is 1. The van der Waals surface area contributed by atoms with Crippen LogP contribution in [0.3, 0.4) is 0 Å². The number of esters is 1. The molecule has 0 atom stereocenters. The number of carbonyl (C=O) groups excluding carboxylic acids is 1. The van der Waals surface area contributed by atoms with Crippen LogP contribution in [-0.2, 0) is 4.74 Å². The first-order valence-electron chi connectivity index (χ1n) is 5.70. The zero-order chi connectivity index (χ0) is 13.5. The number of nitro benzene ring substituents is 1. The average molecular weight is 252 g/mol. The van der Waals surface area contributed by atoms with Crippen molar-refractivity contribution in [3.05, 3.63) is 33.9 Å². The van der Waals surface area contributed by atoms with Gasteiger partial charge in [0.05, 0.1) is 17.6 Å². The van der Waals surface area contributed by atoms with E-state index in [0.29, 0.717) is 12.2 Å². The molecule has 0 aliphatic heterocycles. The highest BCUT2D eigenvalue weighted by molar-refractivity contribution is 5.96. The summed E-state index contributed by atoms with van der Waals surface area (Å²) in [4.78, 5) is 21.7. The summed E-state index contributed by atoms with van der Waals surface area (Å²) in [6, 6.07) is 4.11. The molecule has 98 valence electrons. The third kappa shape index (κ3) is 3.44. The number of anilines is 1. The highest BCUT2D eigenvalue weighted by Crippen LogP contribution is 2.23. The maximum absolute atomic E-state index is 11.6. The molecule has 0 radical (unpaired) electrons. The molecule has 0 unspecified atom stereocenters. The van der Waals surface area contributed by atoms with Crippen LogP contribution >= 0.6 is 0 Å². The van der Waals surface area contributed by atoms with Crippen LogP contribution in [0.2, 0.25) is 0 Å². The van der Waals surface area contributed by atoms with Crippen molar-refractivity contribution in [1.82, 2.24) is 0 Å². The summed E-state index contributed by atoms with van der Waals surface area (Å²) in [5.74, 6) is -0.585. The number of nitrogens with zero attached hydrogens (tertiary/aromatic N) is 1. The molecule has 1 aromatic carbocycles. The van der Waals surface area contributed by atoms with Crippen molar-refractivity contribution in [2.24, 2.45) is 0 Å². The highest BCUT2D eigenvalue weighted by atomic mass is 16.6. The van der Waals surface area contributed by atoms with Crippen molar-refractivity contribution in [1.29, 1.82) is 0 Å². The van der Waals surface area contributed by atoms with Gasteiger partial charge in [-0.3, -0.25) is 10.1 Å².